The molecule has 0 spiro atoms. The van der Waals surface area contributed by atoms with Crippen LogP contribution in [0.1, 0.15) is 31.4 Å². The van der Waals surface area contributed by atoms with E-state index in [1.165, 1.54) is 0 Å². The summed E-state index contributed by atoms with van der Waals surface area (Å²) >= 11 is 0. The van der Waals surface area contributed by atoms with Gasteiger partial charge in [0.2, 0.25) is 10.0 Å². The largest absolute Gasteiger partial charge is 0.372 e. The second-order valence-corrected chi connectivity index (χ2v) is 8.58. The van der Waals surface area contributed by atoms with Crippen molar-refractivity contribution >= 4 is 10.0 Å². The number of nitrogens with two attached hydrogens (primary N) is 1. The molecule has 0 aromatic heterocycles. The van der Waals surface area contributed by atoms with Crippen LogP contribution in [0.15, 0.2) is 23.1 Å². The normalized spacial score (nSPS) is 25.8. The molecule has 5 nitrogen and oxygen atoms in total. The van der Waals surface area contributed by atoms with E-state index in [1.807, 2.05) is 19.9 Å². The fourth-order valence-electron chi connectivity index (χ4n) is 2.99. The van der Waals surface area contributed by atoms with Gasteiger partial charge in [0.15, 0.2) is 0 Å². The lowest BCUT2D eigenvalue weighted by Crippen LogP contribution is -2.53. The third-order valence-corrected chi connectivity index (χ3v) is 6.45. The maximum Gasteiger partial charge on any atom is 0.243 e. The maximum atomic E-state index is 12.8. The maximum absolute atomic E-state index is 12.8. The Labute approximate surface area is 126 Å². The summed E-state index contributed by atoms with van der Waals surface area (Å²) in [6.45, 7) is 6.06. The summed E-state index contributed by atoms with van der Waals surface area (Å²) in [4.78, 5) is 0.359. The topological polar surface area (TPSA) is 72.6 Å². The van der Waals surface area contributed by atoms with Gasteiger partial charge < -0.3 is 10.5 Å². The Kier molecular flexibility index (Phi) is 3.60. The molecule has 0 saturated carbocycles. The predicted octanol–water partition coefficient (Wildman–Crippen LogP) is 1.46. The molecule has 0 aliphatic carbocycles. The van der Waals surface area contributed by atoms with Crippen LogP contribution in [0.3, 0.4) is 0 Å². The molecule has 1 atom stereocenters. The van der Waals surface area contributed by atoms with Crippen LogP contribution in [0.2, 0.25) is 0 Å². The highest BCUT2D eigenvalue weighted by atomic mass is 32.2. The molecular weight excluding hydrogens is 288 g/mol. The minimum atomic E-state index is -3.46. The minimum absolute atomic E-state index is 0.0392. The van der Waals surface area contributed by atoms with Crippen molar-refractivity contribution in [2.75, 3.05) is 13.1 Å². The lowest BCUT2D eigenvalue weighted by atomic mass is 9.81. The van der Waals surface area contributed by atoms with Crippen LogP contribution in [0, 0.1) is 5.41 Å². The monoisotopic (exact) mass is 310 g/mol. The van der Waals surface area contributed by atoms with E-state index < -0.39 is 10.0 Å². The number of hydrogen-bond donors (Lipinski definition) is 1. The van der Waals surface area contributed by atoms with Crippen molar-refractivity contribution in [3.8, 4) is 0 Å². The zero-order chi connectivity index (χ0) is 15.3. The number of ether oxygens (including phenoxy) is 1. The number of piperidine rings is 1. The van der Waals surface area contributed by atoms with Crippen LogP contribution in [0.25, 0.3) is 0 Å². The zero-order valence-electron chi connectivity index (χ0n) is 12.5. The first-order valence-electron chi connectivity index (χ1n) is 7.26. The van der Waals surface area contributed by atoms with Gasteiger partial charge in [-0.1, -0.05) is 19.9 Å². The smallest absolute Gasteiger partial charge is 0.243 e. The molecule has 0 bridgehead atoms. The van der Waals surface area contributed by atoms with Crippen LogP contribution in [-0.4, -0.2) is 31.9 Å². The van der Waals surface area contributed by atoms with Crippen LogP contribution in [0.4, 0.5) is 0 Å². The summed E-state index contributed by atoms with van der Waals surface area (Å²) in [6.07, 6.45) is 0.695. The Hall–Kier alpha value is -0.950. The number of rotatable bonds is 2. The third-order valence-electron chi connectivity index (χ3n) is 4.61. The van der Waals surface area contributed by atoms with E-state index in [4.69, 9.17) is 10.5 Å². The van der Waals surface area contributed by atoms with Crippen molar-refractivity contribution < 1.29 is 13.2 Å². The molecule has 0 amide bonds. The van der Waals surface area contributed by atoms with Crippen molar-refractivity contribution in [1.29, 1.82) is 0 Å². The minimum Gasteiger partial charge on any atom is -0.372 e. The van der Waals surface area contributed by atoms with Gasteiger partial charge in [0.25, 0.3) is 0 Å². The van der Waals surface area contributed by atoms with E-state index in [1.54, 1.807) is 16.4 Å². The van der Waals surface area contributed by atoms with Gasteiger partial charge in [-0.25, -0.2) is 8.42 Å². The molecule has 1 aromatic rings. The first kappa shape index (κ1) is 15.0. The quantitative estimate of drug-likeness (QED) is 0.897. The molecule has 3 rings (SSSR count). The zero-order valence-corrected chi connectivity index (χ0v) is 13.3. The standard InChI is InChI=1S/C15H22N2O3S/c1-15(2)10-17(6-5-14(15)16)21(18,19)13-4-3-11-8-20-9-12(11)7-13/h3-4,7,14H,5-6,8-10,16H2,1-2H3. The number of nitrogens with zero attached hydrogens (tertiary/aromatic N) is 1. The second kappa shape index (κ2) is 5.05. The van der Waals surface area contributed by atoms with Crippen molar-refractivity contribution in [3.63, 3.8) is 0 Å². The van der Waals surface area contributed by atoms with Crippen molar-refractivity contribution in [3.05, 3.63) is 29.3 Å². The molecule has 0 radical (unpaired) electrons. The molecule has 1 unspecified atom stereocenters. The fraction of sp³-hybridized carbons (Fsp3) is 0.600. The van der Waals surface area contributed by atoms with Crippen LogP contribution >= 0.6 is 0 Å². The van der Waals surface area contributed by atoms with E-state index in [0.717, 1.165) is 11.1 Å². The van der Waals surface area contributed by atoms with E-state index in [-0.39, 0.29) is 11.5 Å². The van der Waals surface area contributed by atoms with Crippen molar-refractivity contribution in [2.45, 2.75) is 44.4 Å². The molecule has 2 heterocycles. The fourth-order valence-corrected chi connectivity index (χ4v) is 4.67. The van der Waals surface area contributed by atoms with E-state index in [0.29, 0.717) is 37.6 Å². The second-order valence-electron chi connectivity index (χ2n) is 6.65. The van der Waals surface area contributed by atoms with Crippen LogP contribution in [-0.2, 0) is 28.0 Å². The number of benzene rings is 1. The van der Waals surface area contributed by atoms with Gasteiger partial charge in [0, 0.05) is 19.1 Å². The predicted molar refractivity (Wildman–Crippen MR) is 80.1 cm³/mol. The lowest BCUT2D eigenvalue weighted by Gasteiger charge is -2.41. The molecule has 1 saturated heterocycles. The summed E-state index contributed by atoms with van der Waals surface area (Å²) in [7, 11) is -3.46. The summed E-state index contributed by atoms with van der Waals surface area (Å²) in [5.41, 5.74) is 7.94. The van der Waals surface area contributed by atoms with Gasteiger partial charge in [-0.2, -0.15) is 4.31 Å². The van der Waals surface area contributed by atoms with Crippen LogP contribution < -0.4 is 5.73 Å². The van der Waals surface area contributed by atoms with Crippen molar-refractivity contribution in [1.82, 2.24) is 4.31 Å². The SMILES string of the molecule is CC1(C)CN(S(=O)(=O)c2ccc3c(c2)COC3)CCC1N. The Morgan fingerprint density at radius 1 is 1.29 bits per heavy atom. The molecule has 116 valence electrons. The van der Waals surface area contributed by atoms with Gasteiger partial charge >= 0.3 is 0 Å². The van der Waals surface area contributed by atoms with Gasteiger partial charge in [-0.15, -0.1) is 0 Å². The molecule has 2 aliphatic rings. The molecule has 6 heteroatoms. The van der Waals surface area contributed by atoms with Gasteiger partial charge in [-0.3, -0.25) is 0 Å². The highest BCUT2D eigenvalue weighted by Crippen LogP contribution is 2.32. The van der Waals surface area contributed by atoms with Gasteiger partial charge in [0.05, 0.1) is 18.1 Å². The Morgan fingerprint density at radius 3 is 2.71 bits per heavy atom. The molecule has 1 fully saturated rings. The third kappa shape index (κ3) is 2.61. The van der Waals surface area contributed by atoms with Crippen LogP contribution in [0.5, 0.6) is 0 Å². The van der Waals surface area contributed by atoms with Crippen molar-refractivity contribution in [2.24, 2.45) is 11.1 Å². The summed E-state index contributed by atoms with van der Waals surface area (Å²) in [5.74, 6) is 0. The number of fused-ring (bicyclic) bond motifs is 1. The summed E-state index contributed by atoms with van der Waals surface area (Å²) in [6, 6.07) is 5.33. The van der Waals surface area contributed by atoms with Gasteiger partial charge in [0.1, 0.15) is 0 Å². The van der Waals surface area contributed by atoms with E-state index >= 15 is 0 Å². The number of sulfonamides is 1. The van der Waals surface area contributed by atoms with E-state index in [2.05, 4.69) is 0 Å². The first-order chi connectivity index (χ1) is 9.80. The molecule has 2 N–H and O–H groups in total. The Bertz CT molecular complexity index is 655. The Morgan fingerprint density at radius 2 is 2.00 bits per heavy atom. The highest BCUT2D eigenvalue weighted by Gasteiger charge is 2.39. The molecule has 21 heavy (non-hydrogen) atoms. The average molecular weight is 310 g/mol. The van der Waals surface area contributed by atoms with Gasteiger partial charge in [-0.05, 0) is 35.1 Å². The molecule has 2 aliphatic heterocycles. The summed E-state index contributed by atoms with van der Waals surface area (Å²) < 4.78 is 32.6. The highest BCUT2D eigenvalue weighted by molar-refractivity contribution is 7.89. The average Bonchev–Trinajstić information content (AvgIpc) is 2.88. The lowest BCUT2D eigenvalue weighted by molar-refractivity contribution is 0.134. The molecule has 1 aromatic carbocycles. The first-order valence-corrected chi connectivity index (χ1v) is 8.70. The Balaban J connectivity index is 1.90. The summed E-state index contributed by atoms with van der Waals surface area (Å²) in [5, 5.41) is 0. The number of hydrogen-bond acceptors (Lipinski definition) is 4. The van der Waals surface area contributed by atoms with E-state index in [9.17, 15) is 8.42 Å². The molecular formula is C15H22N2O3S.